The van der Waals surface area contributed by atoms with Gasteiger partial charge in [-0.15, -0.1) is 0 Å². The van der Waals surface area contributed by atoms with Gasteiger partial charge in [-0.1, -0.05) is 12.1 Å². The molecule has 0 saturated carbocycles. The highest BCUT2D eigenvalue weighted by molar-refractivity contribution is 9.10. The first-order valence-corrected chi connectivity index (χ1v) is 10.5. The van der Waals surface area contributed by atoms with Crippen LogP contribution in [0.4, 0.5) is 5.69 Å². The Kier molecular flexibility index (Phi) is 7.43. The Morgan fingerprint density at radius 3 is 2.35 bits per heavy atom. The van der Waals surface area contributed by atoms with Crippen LogP contribution in [-0.2, 0) is 0 Å². The predicted molar refractivity (Wildman–Crippen MR) is 126 cm³/mol. The number of phenols is 1. The third kappa shape index (κ3) is 5.71. The molecule has 0 heterocycles. The number of nitrogens with zero attached hydrogens (tertiary/aromatic N) is 1. The number of anilines is 1. The number of benzene rings is 3. The van der Waals surface area contributed by atoms with Gasteiger partial charge in [-0.25, -0.2) is 5.43 Å². The van der Waals surface area contributed by atoms with Gasteiger partial charge in [-0.2, -0.15) is 5.10 Å². The molecule has 3 aromatic rings. The molecule has 0 atom stereocenters. The number of hydrogen-bond donors (Lipinski definition) is 3. The number of carbonyl (C=O) groups is 2. The molecule has 0 saturated heterocycles. The van der Waals surface area contributed by atoms with E-state index in [1.165, 1.54) is 19.4 Å². The highest BCUT2D eigenvalue weighted by Crippen LogP contribution is 2.34. The topological polar surface area (TPSA) is 100 Å². The van der Waals surface area contributed by atoms with Crippen LogP contribution in [0.3, 0.4) is 0 Å². The van der Waals surface area contributed by atoms with Gasteiger partial charge in [0.2, 0.25) is 0 Å². The SMILES string of the molecule is COc1c(O)cc(C=NNC(=O)c2ccc(NC(=O)c3ccccc3Br)cc2)cc1Br. The molecule has 0 bridgehead atoms. The van der Waals surface area contributed by atoms with Crippen molar-refractivity contribution in [3.8, 4) is 11.5 Å². The zero-order chi connectivity index (χ0) is 22.4. The van der Waals surface area contributed by atoms with Gasteiger partial charge in [0.1, 0.15) is 0 Å². The van der Waals surface area contributed by atoms with Crippen LogP contribution in [-0.4, -0.2) is 30.2 Å². The second-order valence-electron chi connectivity index (χ2n) is 6.27. The molecule has 31 heavy (non-hydrogen) atoms. The number of nitrogens with one attached hydrogen (secondary N) is 2. The van der Waals surface area contributed by atoms with Crippen molar-refractivity contribution in [2.45, 2.75) is 0 Å². The fourth-order valence-electron chi connectivity index (χ4n) is 2.65. The second-order valence-corrected chi connectivity index (χ2v) is 7.97. The number of carbonyl (C=O) groups excluding carboxylic acids is 2. The van der Waals surface area contributed by atoms with Gasteiger partial charge < -0.3 is 15.2 Å². The van der Waals surface area contributed by atoms with Crippen molar-refractivity contribution in [3.05, 3.63) is 86.3 Å². The molecule has 0 radical (unpaired) electrons. The van der Waals surface area contributed by atoms with Gasteiger partial charge in [0.05, 0.1) is 23.4 Å². The van der Waals surface area contributed by atoms with Gasteiger partial charge in [-0.05, 0) is 86.0 Å². The predicted octanol–water partition coefficient (Wildman–Crippen LogP) is 4.94. The molecule has 0 aliphatic rings. The maximum absolute atomic E-state index is 12.3. The molecule has 0 spiro atoms. The molecule has 3 N–H and O–H groups in total. The molecular formula is C22H17Br2N3O4. The van der Waals surface area contributed by atoms with Crippen molar-refractivity contribution in [1.82, 2.24) is 5.43 Å². The molecule has 158 valence electrons. The molecule has 0 unspecified atom stereocenters. The average molecular weight is 547 g/mol. The highest BCUT2D eigenvalue weighted by Gasteiger charge is 2.11. The second kappa shape index (κ2) is 10.2. The molecule has 3 aromatic carbocycles. The first-order chi connectivity index (χ1) is 14.9. The fraction of sp³-hybridized carbons (Fsp3) is 0.0455. The minimum atomic E-state index is -0.420. The molecule has 3 rings (SSSR count). The maximum Gasteiger partial charge on any atom is 0.271 e. The normalized spacial score (nSPS) is 10.7. The Balaban J connectivity index is 1.61. The van der Waals surface area contributed by atoms with E-state index in [0.717, 1.165) is 0 Å². The summed E-state index contributed by atoms with van der Waals surface area (Å²) in [5.41, 5.74) is 4.42. The molecule has 0 aromatic heterocycles. The summed E-state index contributed by atoms with van der Waals surface area (Å²) in [6.07, 6.45) is 1.40. The average Bonchev–Trinajstić information content (AvgIpc) is 2.74. The standard InChI is InChI=1S/C22H17Br2N3O4/c1-31-20-18(24)10-13(11-19(20)28)12-25-27-21(29)14-6-8-15(9-7-14)26-22(30)16-4-2-3-5-17(16)23/h2-12,28H,1H3,(H,26,30)(H,27,29). The van der Waals surface area contributed by atoms with Crippen molar-refractivity contribution in [2.24, 2.45) is 5.10 Å². The summed E-state index contributed by atoms with van der Waals surface area (Å²) in [6.45, 7) is 0. The summed E-state index contributed by atoms with van der Waals surface area (Å²) in [5, 5.41) is 16.6. The Labute approximate surface area is 195 Å². The molecule has 0 aliphatic carbocycles. The van der Waals surface area contributed by atoms with Crippen LogP contribution in [0.15, 0.2) is 74.7 Å². The van der Waals surface area contributed by atoms with Crippen LogP contribution in [0.5, 0.6) is 11.5 Å². The Morgan fingerprint density at radius 2 is 1.71 bits per heavy atom. The maximum atomic E-state index is 12.3. The molecular weight excluding hydrogens is 530 g/mol. The number of aromatic hydroxyl groups is 1. The van der Waals surface area contributed by atoms with Gasteiger partial charge >= 0.3 is 0 Å². The highest BCUT2D eigenvalue weighted by atomic mass is 79.9. The van der Waals surface area contributed by atoms with Gasteiger partial charge in [0, 0.05) is 15.7 Å². The first-order valence-electron chi connectivity index (χ1n) is 8.95. The smallest absolute Gasteiger partial charge is 0.271 e. The number of amides is 2. The van der Waals surface area contributed by atoms with Crippen molar-refractivity contribution < 1.29 is 19.4 Å². The third-order valence-corrected chi connectivity index (χ3v) is 5.43. The van der Waals surface area contributed by atoms with Gasteiger partial charge in [-0.3, -0.25) is 9.59 Å². The summed E-state index contributed by atoms with van der Waals surface area (Å²) in [7, 11) is 1.45. The van der Waals surface area contributed by atoms with E-state index in [1.54, 1.807) is 48.5 Å². The zero-order valence-electron chi connectivity index (χ0n) is 16.2. The van der Waals surface area contributed by atoms with E-state index in [1.807, 2.05) is 6.07 Å². The summed E-state index contributed by atoms with van der Waals surface area (Å²) < 4.78 is 6.31. The minimum Gasteiger partial charge on any atom is -0.504 e. The number of ether oxygens (including phenoxy) is 1. The van der Waals surface area contributed by atoms with Crippen molar-refractivity contribution in [2.75, 3.05) is 12.4 Å². The fourth-order valence-corrected chi connectivity index (χ4v) is 3.75. The summed E-state index contributed by atoms with van der Waals surface area (Å²) in [6, 6.07) is 16.7. The molecule has 0 aliphatic heterocycles. The minimum absolute atomic E-state index is 0.0511. The van der Waals surface area contributed by atoms with Crippen molar-refractivity contribution >= 4 is 55.6 Å². The Hall–Kier alpha value is -3.17. The van der Waals surface area contributed by atoms with Crippen LogP contribution in [0.1, 0.15) is 26.3 Å². The lowest BCUT2D eigenvalue weighted by Crippen LogP contribution is -2.18. The number of hydrogen-bond acceptors (Lipinski definition) is 5. The molecule has 9 heteroatoms. The van der Waals surface area contributed by atoms with Gasteiger partial charge in [0.15, 0.2) is 11.5 Å². The van der Waals surface area contributed by atoms with Crippen LogP contribution < -0.4 is 15.5 Å². The summed E-state index contributed by atoms with van der Waals surface area (Å²) in [4.78, 5) is 24.6. The largest absolute Gasteiger partial charge is 0.504 e. The van der Waals surface area contributed by atoms with Crippen molar-refractivity contribution in [3.63, 3.8) is 0 Å². The number of hydrazone groups is 1. The van der Waals surface area contributed by atoms with Gasteiger partial charge in [0.25, 0.3) is 11.8 Å². The van der Waals surface area contributed by atoms with E-state index >= 15 is 0 Å². The third-order valence-electron chi connectivity index (χ3n) is 4.15. The van der Waals surface area contributed by atoms with Crippen molar-refractivity contribution in [1.29, 1.82) is 0 Å². The Bertz CT molecular complexity index is 1120. The number of rotatable bonds is 6. The van der Waals surface area contributed by atoms with Crippen LogP contribution >= 0.6 is 31.9 Å². The molecule has 0 fully saturated rings. The zero-order valence-corrected chi connectivity index (χ0v) is 19.4. The van der Waals surface area contributed by atoms with E-state index in [2.05, 4.69) is 47.7 Å². The van der Waals surface area contributed by atoms with E-state index in [0.29, 0.717) is 37.1 Å². The number of halogens is 2. The lowest BCUT2D eigenvalue weighted by molar-refractivity contribution is 0.0954. The Morgan fingerprint density at radius 1 is 1.00 bits per heavy atom. The monoisotopic (exact) mass is 545 g/mol. The van der Waals surface area contributed by atoms with E-state index in [4.69, 9.17) is 4.74 Å². The molecule has 7 nitrogen and oxygen atoms in total. The quantitative estimate of drug-likeness (QED) is 0.301. The lowest BCUT2D eigenvalue weighted by atomic mass is 10.1. The van der Waals surface area contributed by atoms with Crippen LogP contribution in [0.2, 0.25) is 0 Å². The van der Waals surface area contributed by atoms with E-state index in [9.17, 15) is 14.7 Å². The summed E-state index contributed by atoms with van der Waals surface area (Å²) >= 11 is 6.64. The summed E-state index contributed by atoms with van der Waals surface area (Å²) in [5.74, 6) is -0.419. The molecule has 2 amide bonds. The first kappa shape index (κ1) is 22.5. The number of phenolic OH excluding ortho intramolecular Hbond substituents is 1. The lowest BCUT2D eigenvalue weighted by Gasteiger charge is -2.08. The number of methoxy groups -OCH3 is 1. The van der Waals surface area contributed by atoms with Crippen LogP contribution in [0, 0.1) is 0 Å². The van der Waals surface area contributed by atoms with Crippen LogP contribution in [0.25, 0.3) is 0 Å². The van der Waals surface area contributed by atoms with E-state index in [-0.39, 0.29) is 11.7 Å². The van der Waals surface area contributed by atoms with E-state index < -0.39 is 5.91 Å².